The topological polar surface area (TPSA) is 39.4 Å². The zero-order chi connectivity index (χ0) is 13.3. The van der Waals surface area contributed by atoms with Gasteiger partial charge >= 0.3 is 0 Å². The second kappa shape index (κ2) is 4.75. The number of halogens is 1. The van der Waals surface area contributed by atoms with E-state index in [0.29, 0.717) is 10.6 Å². The SMILES string of the molecule is CC(C)(C)OCC(=O)c1cc2cccc(Cl)c2o1. The molecule has 96 valence electrons. The van der Waals surface area contributed by atoms with Crippen molar-refractivity contribution in [3.63, 3.8) is 0 Å². The molecule has 3 nitrogen and oxygen atoms in total. The highest BCUT2D eigenvalue weighted by Gasteiger charge is 2.17. The molecule has 0 atom stereocenters. The predicted octanol–water partition coefficient (Wildman–Crippen LogP) is 4.08. The Morgan fingerprint density at radius 2 is 2.11 bits per heavy atom. The first-order chi connectivity index (χ1) is 8.37. The van der Waals surface area contributed by atoms with Gasteiger partial charge in [-0.3, -0.25) is 4.79 Å². The Morgan fingerprint density at radius 1 is 1.39 bits per heavy atom. The lowest BCUT2D eigenvalue weighted by atomic mass is 10.2. The molecule has 2 rings (SSSR count). The lowest BCUT2D eigenvalue weighted by Crippen LogP contribution is -2.23. The second-order valence-electron chi connectivity index (χ2n) is 5.09. The van der Waals surface area contributed by atoms with Gasteiger partial charge < -0.3 is 9.15 Å². The van der Waals surface area contributed by atoms with Crippen LogP contribution in [-0.2, 0) is 4.74 Å². The highest BCUT2D eigenvalue weighted by Crippen LogP contribution is 2.26. The second-order valence-corrected chi connectivity index (χ2v) is 5.50. The van der Waals surface area contributed by atoms with Gasteiger partial charge in [0, 0.05) is 5.39 Å². The van der Waals surface area contributed by atoms with Crippen LogP contribution >= 0.6 is 11.6 Å². The molecule has 0 amide bonds. The van der Waals surface area contributed by atoms with Crippen molar-refractivity contribution >= 4 is 28.4 Å². The van der Waals surface area contributed by atoms with E-state index >= 15 is 0 Å². The van der Waals surface area contributed by atoms with Crippen molar-refractivity contribution in [3.05, 3.63) is 35.0 Å². The van der Waals surface area contributed by atoms with Crippen molar-refractivity contribution in [2.45, 2.75) is 26.4 Å². The summed E-state index contributed by atoms with van der Waals surface area (Å²) in [5, 5.41) is 1.32. The fraction of sp³-hybridized carbons (Fsp3) is 0.357. The smallest absolute Gasteiger partial charge is 0.223 e. The number of Topliss-reactive ketones (excluding diaryl/α,β-unsaturated/α-hetero) is 1. The standard InChI is InChI=1S/C14H15ClO3/c1-14(2,3)17-8-11(16)12-7-9-5-4-6-10(15)13(9)18-12/h4-7H,8H2,1-3H3. The van der Waals surface area contributed by atoms with Gasteiger partial charge in [-0.2, -0.15) is 0 Å². The number of ketones is 1. The first kappa shape index (κ1) is 13.1. The summed E-state index contributed by atoms with van der Waals surface area (Å²) >= 11 is 5.99. The predicted molar refractivity (Wildman–Crippen MR) is 71.3 cm³/mol. The molecule has 1 heterocycles. The fourth-order valence-corrected chi connectivity index (χ4v) is 1.74. The number of fused-ring (bicyclic) bond motifs is 1. The van der Waals surface area contributed by atoms with Crippen molar-refractivity contribution < 1.29 is 13.9 Å². The van der Waals surface area contributed by atoms with Gasteiger partial charge in [0.25, 0.3) is 0 Å². The van der Waals surface area contributed by atoms with E-state index in [-0.39, 0.29) is 23.8 Å². The van der Waals surface area contributed by atoms with Gasteiger partial charge in [-0.25, -0.2) is 0 Å². The monoisotopic (exact) mass is 266 g/mol. The number of carbonyl (C=O) groups is 1. The number of para-hydroxylation sites is 1. The van der Waals surface area contributed by atoms with Crippen molar-refractivity contribution in [2.75, 3.05) is 6.61 Å². The third-order valence-corrected chi connectivity index (χ3v) is 2.70. The van der Waals surface area contributed by atoms with Gasteiger partial charge in [-0.1, -0.05) is 23.7 Å². The Bertz CT molecular complexity index is 578. The summed E-state index contributed by atoms with van der Waals surface area (Å²) in [6.07, 6.45) is 0. The summed E-state index contributed by atoms with van der Waals surface area (Å²) in [5.74, 6) is 0.0968. The highest BCUT2D eigenvalue weighted by molar-refractivity contribution is 6.34. The highest BCUT2D eigenvalue weighted by atomic mass is 35.5. The molecule has 0 radical (unpaired) electrons. The van der Waals surface area contributed by atoms with Crippen LogP contribution in [0.5, 0.6) is 0 Å². The first-order valence-corrected chi connectivity index (χ1v) is 6.10. The number of hydrogen-bond donors (Lipinski definition) is 0. The molecule has 1 aromatic heterocycles. The number of carbonyl (C=O) groups excluding carboxylic acids is 1. The van der Waals surface area contributed by atoms with Crippen LogP contribution in [0.3, 0.4) is 0 Å². The lowest BCUT2D eigenvalue weighted by molar-refractivity contribution is 0.00213. The third-order valence-electron chi connectivity index (χ3n) is 2.41. The number of ether oxygens (including phenoxy) is 1. The molecule has 0 fully saturated rings. The Balaban J connectivity index is 2.21. The van der Waals surface area contributed by atoms with E-state index in [4.69, 9.17) is 20.8 Å². The summed E-state index contributed by atoms with van der Waals surface area (Å²) in [4.78, 5) is 11.9. The van der Waals surface area contributed by atoms with Crippen molar-refractivity contribution in [1.29, 1.82) is 0 Å². The van der Waals surface area contributed by atoms with Crippen LogP contribution in [-0.4, -0.2) is 18.0 Å². The number of benzene rings is 1. The Kier molecular flexibility index (Phi) is 3.46. The minimum Gasteiger partial charge on any atom is -0.451 e. The molecule has 0 aliphatic heterocycles. The summed E-state index contributed by atoms with van der Waals surface area (Å²) in [6, 6.07) is 7.09. The minimum atomic E-state index is -0.348. The van der Waals surface area contributed by atoms with Crippen LogP contribution in [0.4, 0.5) is 0 Å². The lowest BCUT2D eigenvalue weighted by Gasteiger charge is -2.18. The molecule has 0 saturated carbocycles. The molecule has 1 aromatic carbocycles. The quantitative estimate of drug-likeness (QED) is 0.786. The molecule has 0 saturated heterocycles. The van der Waals surface area contributed by atoms with Crippen molar-refractivity contribution in [2.24, 2.45) is 0 Å². The molecule has 0 aliphatic carbocycles. The van der Waals surface area contributed by atoms with E-state index in [2.05, 4.69) is 0 Å². The van der Waals surface area contributed by atoms with E-state index in [1.54, 1.807) is 12.1 Å². The van der Waals surface area contributed by atoms with E-state index in [9.17, 15) is 4.79 Å². The Labute approximate surface area is 111 Å². The molecule has 0 N–H and O–H groups in total. The fourth-order valence-electron chi connectivity index (χ4n) is 1.52. The Morgan fingerprint density at radius 3 is 2.72 bits per heavy atom. The van der Waals surface area contributed by atoms with Crippen LogP contribution in [0.25, 0.3) is 11.0 Å². The molecule has 18 heavy (non-hydrogen) atoms. The molecule has 0 unspecified atom stereocenters. The average Bonchev–Trinajstić information content (AvgIpc) is 2.70. The summed E-state index contributed by atoms with van der Waals surface area (Å²) in [6.45, 7) is 5.70. The number of rotatable bonds is 3. The van der Waals surface area contributed by atoms with Crippen LogP contribution < -0.4 is 0 Å². The third kappa shape index (κ3) is 2.92. The summed E-state index contributed by atoms with van der Waals surface area (Å²) in [5.41, 5.74) is 0.192. The Hall–Kier alpha value is -1.32. The zero-order valence-electron chi connectivity index (χ0n) is 10.6. The van der Waals surface area contributed by atoms with E-state index in [1.807, 2.05) is 32.9 Å². The zero-order valence-corrected chi connectivity index (χ0v) is 11.4. The van der Waals surface area contributed by atoms with Gasteiger partial charge in [0.1, 0.15) is 6.61 Å². The molecule has 0 aliphatic rings. The van der Waals surface area contributed by atoms with Gasteiger partial charge in [-0.05, 0) is 32.9 Å². The molecular weight excluding hydrogens is 252 g/mol. The number of hydrogen-bond acceptors (Lipinski definition) is 3. The van der Waals surface area contributed by atoms with Crippen LogP contribution in [0.1, 0.15) is 31.3 Å². The van der Waals surface area contributed by atoms with Crippen molar-refractivity contribution in [3.8, 4) is 0 Å². The van der Waals surface area contributed by atoms with Gasteiger partial charge in [0.15, 0.2) is 11.3 Å². The molecule has 4 heteroatoms. The molecule has 0 spiro atoms. The van der Waals surface area contributed by atoms with Crippen LogP contribution in [0.2, 0.25) is 5.02 Å². The maximum Gasteiger partial charge on any atom is 0.223 e. The normalized spacial score (nSPS) is 12.0. The summed E-state index contributed by atoms with van der Waals surface area (Å²) < 4.78 is 10.9. The van der Waals surface area contributed by atoms with E-state index < -0.39 is 0 Å². The summed E-state index contributed by atoms with van der Waals surface area (Å²) in [7, 11) is 0. The van der Waals surface area contributed by atoms with Gasteiger partial charge in [0.2, 0.25) is 5.78 Å². The maximum atomic E-state index is 11.9. The van der Waals surface area contributed by atoms with Gasteiger partial charge in [0.05, 0.1) is 10.6 Å². The molecule has 2 aromatic rings. The van der Waals surface area contributed by atoms with Crippen LogP contribution in [0.15, 0.2) is 28.7 Å². The first-order valence-electron chi connectivity index (χ1n) is 5.72. The minimum absolute atomic E-state index is 0.000933. The van der Waals surface area contributed by atoms with Crippen molar-refractivity contribution in [1.82, 2.24) is 0 Å². The largest absolute Gasteiger partial charge is 0.451 e. The average molecular weight is 267 g/mol. The van der Waals surface area contributed by atoms with E-state index in [0.717, 1.165) is 5.39 Å². The van der Waals surface area contributed by atoms with E-state index in [1.165, 1.54) is 0 Å². The van der Waals surface area contributed by atoms with Crippen LogP contribution in [0, 0.1) is 0 Å². The molecular formula is C14H15ClO3. The molecule has 0 bridgehead atoms. The van der Waals surface area contributed by atoms with Gasteiger partial charge in [-0.15, -0.1) is 0 Å². The maximum absolute atomic E-state index is 11.9. The number of furan rings is 1.